The fourth-order valence-corrected chi connectivity index (χ4v) is 3.04. The summed E-state index contributed by atoms with van der Waals surface area (Å²) >= 11 is 2.19. The number of hydrogen-bond acceptors (Lipinski definition) is 2. The summed E-state index contributed by atoms with van der Waals surface area (Å²) in [5, 5.41) is 9.05. The van der Waals surface area contributed by atoms with E-state index in [2.05, 4.69) is 22.6 Å². The molecule has 0 heterocycles. The first-order chi connectivity index (χ1) is 9.56. The smallest absolute Gasteiger partial charge is 0.335 e. The number of carboxylic acid groups (broad SMARTS) is 1. The first-order valence-electron chi connectivity index (χ1n) is 6.25. The van der Waals surface area contributed by atoms with Crippen molar-refractivity contribution in [2.75, 3.05) is 0 Å². The van der Waals surface area contributed by atoms with Crippen LogP contribution < -0.4 is 0 Å². The number of benzene rings is 2. The molecule has 20 heavy (non-hydrogen) atoms. The number of carbonyl (C=O) groups is 2. The number of rotatable bonds is 1. The molecular weight excluding hydrogens is 367 g/mol. The van der Waals surface area contributed by atoms with Crippen LogP contribution in [0.3, 0.4) is 0 Å². The van der Waals surface area contributed by atoms with Gasteiger partial charge in [0.15, 0.2) is 5.78 Å². The maximum Gasteiger partial charge on any atom is 0.335 e. The van der Waals surface area contributed by atoms with Gasteiger partial charge < -0.3 is 5.11 Å². The number of carboxylic acids is 1. The molecule has 0 amide bonds. The van der Waals surface area contributed by atoms with Gasteiger partial charge in [0.05, 0.1) is 5.56 Å². The number of ketones is 1. The molecule has 0 aliphatic heterocycles. The van der Waals surface area contributed by atoms with E-state index >= 15 is 0 Å². The highest BCUT2D eigenvalue weighted by atomic mass is 127. The molecule has 0 saturated heterocycles. The molecule has 1 aliphatic rings. The number of halogens is 1. The summed E-state index contributed by atoms with van der Waals surface area (Å²) in [7, 11) is 0. The van der Waals surface area contributed by atoms with Gasteiger partial charge in [-0.1, -0.05) is 6.07 Å². The van der Waals surface area contributed by atoms with Gasteiger partial charge in [0.2, 0.25) is 0 Å². The lowest BCUT2D eigenvalue weighted by Gasteiger charge is -2.06. The van der Waals surface area contributed by atoms with E-state index in [1.54, 1.807) is 12.1 Å². The lowest BCUT2D eigenvalue weighted by Crippen LogP contribution is -2.06. The zero-order valence-corrected chi connectivity index (χ0v) is 12.7. The Morgan fingerprint density at radius 2 is 1.75 bits per heavy atom. The van der Waals surface area contributed by atoms with E-state index in [-0.39, 0.29) is 11.3 Å². The molecule has 100 valence electrons. The molecule has 3 rings (SSSR count). The number of aromatic carboxylic acids is 1. The van der Waals surface area contributed by atoms with Crippen molar-refractivity contribution in [3.8, 4) is 0 Å². The predicted molar refractivity (Wildman–Crippen MR) is 83.4 cm³/mol. The topological polar surface area (TPSA) is 54.4 Å². The molecule has 1 N–H and O–H groups in total. The third kappa shape index (κ3) is 2.24. The average molecular weight is 378 g/mol. The van der Waals surface area contributed by atoms with Crippen molar-refractivity contribution in [1.29, 1.82) is 0 Å². The van der Waals surface area contributed by atoms with Crippen LogP contribution in [0.25, 0.3) is 0 Å². The van der Waals surface area contributed by atoms with Crippen LogP contribution in [0.15, 0.2) is 36.4 Å². The highest BCUT2D eigenvalue weighted by molar-refractivity contribution is 14.1. The Morgan fingerprint density at radius 1 is 1.00 bits per heavy atom. The number of fused-ring (bicyclic) bond motifs is 2. The highest BCUT2D eigenvalue weighted by Gasteiger charge is 2.22. The second-order valence-electron chi connectivity index (χ2n) is 4.81. The summed E-state index contributed by atoms with van der Waals surface area (Å²) in [6, 6.07) is 10.6. The van der Waals surface area contributed by atoms with E-state index in [1.165, 1.54) is 6.07 Å². The van der Waals surface area contributed by atoms with Gasteiger partial charge in [-0.15, -0.1) is 0 Å². The van der Waals surface area contributed by atoms with Gasteiger partial charge in [0.25, 0.3) is 0 Å². The molecule has 2 aromatic carbocycles. The molecular formula is C16H11IO3. The van der Waals surface area contributed by atoms with Crippen molar-refractivity contribution >= 4 is 34.3 Å². The van der Waals surface area contributed by atoms with Gasteiger partial charge in [0, 0.05) is 14.7 Å². The second-order valence-corrected chi connectivity index (χ2v) is 6.05. The first kappa shape index (κ1) is 13.3. The van der Waals surface area contributed by atoms with Crippen molar-refractivity contribution in [2.45, 2.75) is 12.8 Å². The molecule has 3 nitrogen and oxygen atoms in total. The van der Waals surface area contributed by atoms with Crippen LogP contribution in [-0.4, -0.2) is 16.9 Å². The first-order valence-corrected chi connectivity index (χ1v) is 7.33. The third-order valence-corrected chi connectivity index (χ3v) is 4.25. The van der Waals surface area contributed by atoms with Gasteiger partial charge in [-0.3, -0.25) is 4.79 Å². The Labute approximate surface area is 129 Å². The normalized spacial score (nSPS) is 13.3. The Balaban J connectivity index is 2.15. The quantitative estimate of drug-likeness (QED) is 0.775. The maximum absolute atomic E-state index is 12.6. The summed E-state index contributed by atoms with van der Waals surface area (Å²) in [5.41, 5.74) is 3.44. The zero-order chi connectivity index (χ0) is 14.3. The van der Waals surface area contributed by atoms with Crippen molar-refractivity contribution in [1.82, 2.24) is 0 Å². The summed E-state index contributed by atoms with van der Waals surface area (Å²) in [6.45, 7) is 0. The van der Waals surface area contributed by atoms with Gasteiger partial charge in [-0.25, -0.2) is 4.79 Å². The molecule has 0 bridgehead atoms. The molecule has 0 atom stereocenters. The van der Waals surface area contributed by atoms with Crippen LogP contribution in [0.1, 0.15) is 37.4 Å². The largest absolute Gasteiger partial charge is 0.478 e. The third-order valence-electron chi connectivity index (χ3n) is 3.58. The van der Waals surface area contributed by atoms with E-state index in [1.807, 2.05) is 18.2 Å². The van der Waals surface area contributed by atoms with Crippen LogP contribution in [-0.2, 0) is 12.8 Å². The molecule has 0 fully saturated rings. The summed E-state index contributed by atoms with van der Waals surface area (Å²) in [6.07, 6.45) is 1.45. The monoisotopic (exact) mass is 378 g/mol. The average Bonchev–Trinajstić information content (AvgIpc) is 2.57. The Bertz CT molecular complexity index is 734. The van der Waals surface area contributed by atoms with Crippen molar-refractivity contribution in [3.05, 3.63) is 67.8 Å². The van der Waals surface area contributed by atoms with Crippen molar-refractivity contribution in [3.63, 3.8) is 0 Å². The SMILES string of the molecule is O=C(O)c1ccc2c(c1)CCc1ccc(I)cc1C2=O. The van der Waals surface area contributed by atoms with Crippen LogP contribution in [0.2, 0.25) is 0 Å². The lowest BCUT2D eigenvalue weighted by atomic mass is 9.97. The minimum absolute atomic E-state index is 0.0112. The van der Waals surface area contributed by atoms with Crippen LogP contribution >= 0.6 is 22.6 Å². The molecule has 1 aliphatic carbocycles. The lowest BCUT2D eigenvalue weighted by molar-refractivity contribution is 0.0696. The summed E-state index contributed by atoms with van der Waals surface area (Å²) < 4.78 is 1.03. The van der Waals surface area contributed by atoms with Crippen LogP contribution in [0, 0.1) is 3.57 Å². The standard InChI is InChI=1S/C16H11IO3/c17-12-5-3-9-1-2-10-7-11(16(19)20)4-6-13(10)15(18)14(9)8-12/h3-8H,1-2H2,(H,19,20). The minimum Gasteiger partial charge on any atom is -0.478 e. The van der Waals surface area contributed by atoms with Crippen LogP contribution in [0.4, 0.5) is 0 Å². The molecule has 0 saturated carbocycles. The van der Waals surface area contributed by atoms with Gasteiger partial charge in [0.1, 0.15) is 0 Å². The van der Waals surface area contributed by atoms with Gasteiger partial charge >= 0.3 is 5.97 Å². The predicted octanol–water partition coefficient (Wildman–Crippen LogP) is 3.32. The molecule has 0 spiro atoms. The summed E-state index contributed by atoms with van der Waals surface area (Å²) in [4.78, 5) is 23.6. The Kier molecular flexibility index (Phi) is 3.33. The fraction of sp³-hybridized carbons (Fsp3) is 0.125. The molecule has 4 heteroatoms. The molecule has 0 unspecified atom stereocenters. The minimum atomic E-state index is -0.962. The molecule has 0 aromatic heterocycles. The van der Waals surface area contributed by atoms with E-state index < -0.39 is 5.97 Å². The van der Waals surface area contributed by atoms with E-state index in [9.17, 15) is 9.59 Å². The Hall–Kier alpha value is -1.69. The second kappa shape index (κ2) is 5.01. The number of aryl methyl sites for hydroxylation is 2. The summed E-state index contributed by atoms with van der Waals surface area (Å²) in [5.74, 6) is -0.973. The van der Waals surface area contributed by atoms with E-state index in [0.29, 0.717) is 12.0 Å². The van der Waals surface area contributed by atoms with E-state index in [0.717, 1.165) is 26.7 Å². The van der Waals surface area contributed by atoms with Crippen LogP contribution in [0.5, 0.6) is 0 Å². The van der Waals surface area contributed by atoms with Crippen molar-refractivity contribution < 1.29 is 14.7 Å². The molecule has 0 radical (unpaired) electrons. The number of hydrogen-bond donors (Lipinski definition) is 1. The maximum atomic E-state index is 12.6. The van der Waals surface area contributed by atoms with E-state index in [4.69, 9.17) is 5.11 Å². The fourth-order valence-electron chi connectivity index (χ4n) is 2.55. The van der Waals surface area contributed by atoms with Gasteiger partial charge in [-0.05, 0) is 76.9 Å². The highest BCUT2D eigenvalue weighted by Crippen LogP contribution is 2.26. The molecule has 2 aromatic rings. The van der Waals surface area contributed by atoms with Gasteiger partial charge in [-0.2, -0.15) is 0 Å². The Morgan fingerprint density at radius 3 is 2.50 bits per heavy atom. The number of carbonyl (C=O) groups excluding carboxylic acids is 1. The zero-order valence-electron chi connectivity index (χ0n) is 10.5. The van der Waals surface area contributed by atoms with Crippen molar-refractivity contribution in [2.24, 2.45) is 0 Å².